The lowest BCUT2D eigenvalue weighted by Crippen LogP contribution is -2.41. The van der Waals surface area contributed by atoms with E-state index in [9.17, 15) is 4.79 Å². The van der Waals surface area contributed by atoms with Crippen molar-refractivity contribution < 1.29 is 9.53 Å². The summed E-state index contributed by atoms with van der Waals surface area (Å²) < 4.78 is 7.44. The Balaban J connectivity index is 1.68. The second-order valence-electron chi connectivity index (χ2n) is 6.69. The zero-order valence-electron chi connectivity index (χ0n) is 13.3. The third-order valence-electron chi connectivity index (χ3n) is 3.27. The van der Waals surface area contributed by atoms with Crippen LogP contribution in [-0.4, -0.2) is 33.8 Å². The molecule has 1 aromatic heterocycles. The van der Waals surface area contributed by atoms with Crippen LogP contribution in [0.1, 0.15) is 52.3 Å². The molecule has 1 fully saturated rings. The predicted molar refractivity (Wildman–Crippen MR) is 81.0 cm³/mol. The van der Waals surface area contributed by atoms with Crippen molar-refractivity contribution in [2.45, 2.75) is 64.8 Å². The van der Waals surface area contributed by atoms with E-state index >= 15 is 0 Å². The van der Waals surface area contributed by atoms with Crippen LogP contribution in [0.25, 0.3) is 0 Å². The molecule has 0 aromatic carbocycles. The Kier molecular flexibility index (Phi) is 4.88. The molecule has 0 radical (unpaired) electrons. The summed E-state index contributed by atoms with van der Waals surface area (Å²) in [5.41, 5.74) is 0.735. The first kappa shape index (κ1) is 15.8. The number of carbonyl (C=O) groups excluding carboxylic acids is 1. The molecule has 1 unspecified atom stereocenters. The molecule has 0 saturated heterocycles. The molecular weight excluding hydrogens is 268 g/mol. The molecule has 1 aliphatic rings. The second kappa shape index (κ2) is 6.47. The van der Waals surface area contributed by atoms with Crippen molar-refractivity contribution >= 4 is 6.09 Å². The lowest BCUT2D eigenvalue weighted by atomic mass is 10.2. The summed E-state index contributed by atoms with van der Waals surface area (Å²) in [4.78, 5) is 15.8. The van der Waals surface area contributed by atoms with Crippen LogP contribution in [0.4, 0.5) is 4.79 Å². The molecule has 6 heteroatoms. The largest absolute Gasteiger partial charge is 0.444 e. The third-order valence-corrected chi connectivity index (χ3v) is 3.27. The van der Waals surface area contributed by atoms with Gasteiger partial charge in [-0.3, -0.25) is 0 Å². The van der Waals surface area contributed by atoms with Gasteiger partial charge in [-0.2, -0.15) is 0 Å². The number of imidazole rings is 1. The van der Waals surface area contributed by atoms with Crippen molar-refractivity contribution in [3.63, 3.8) is 0 Å². The fraction of sp³-hybridized carbons (Fsp3) is 0.733. The standard InChI is InChI=1S/C15H26N4O2/c1-11(7-18-14(20)21-15(2,3)4)17-9-13-8-16-10-19(13)12-5-6-12/h8,10-12,17H,5-7,9H2,1-4H3,(H,18,20). The summed E-state index contributed by atoms with van der Waals surface area (Å²) in [5.74, 6) is 0. The van der Waals surface area contributed by atoms with Gasteiger partial charge in [0, 0.05) is 31.4 Å². The van der Waals surface area contributed by atoms with Crippen LogP contribution >= 0.6 is 0 Å². The van der Waals surface area contributed by atoms with Crippen LogP contribution in [0, 0.1) is 0 Å². The number of carbonyl (C=O) groups is 1. The van der Waals surface area contributed by atoms with Crippen LogP contribution in [0.2, 0.25) is 0 Å². The normalized spacial score (nSPS) is 16.6. The Morgan fingerprint density at radius 3 is 2.86 bits per heavy atom. The minimum atomic E-state index is -0.461. The fourth-order valence-electron chi connectivity index (χ4n) is 2.05. The minimum Gasteiger partial charge on any atom is -0.444 e. The summed E-state index contributed by atoms with van der Waals surface area (Å²) in [6.45, 7) is 8.89. The van der Waals surface area contributed by atoms with Gasteiger partial charge in [-0.25, -0.2) is 9.78 Å². The zero-order valence-corrected chi connectivity index (χ0v) is 13.3. The highest BCUT2D eigenvalue weighted by molar-refractivity contribution is 5.67. The van der Waals surface area contributed by atoms with Gasteiger partial charge in [0.15, 0.2) is 0 Å². The van der Waals surface area contributed by atoms with Crippen LogP contribution in [0.3, 0.4) is 0 Å². The first-order chi connectivity index (χ1) is 9.85. The summed E-state index contributed by atoms with van der Waals surface area (Å²) in [6.07, 6.45) is 5.93. The average Bonchev–Trinajstić information content (AvgIpc) is 3.11. The zero-order chi connectivity index (χ0) is 15.5. The maximum absolute atomic E-state index is 11.6. The van der Waals surface area contributed by atoms with Crippen molar-refractivity contribution in [1.29, 1.82) is 0 Å². The van der Waals surface area contributed by atoms with Crippen LogP contribution in [-0.2, 0) is 11.3 Å². The van der Waals surface area contributed by atoms with E-state index in [1.54, 1.807) is 0 Å². The van der Waals surface area contributed by atoms with Crippen LogP contribution in [0.15, 0.2) is 12.5 Å². The molecule has 1 atom stereocenters. The quantitative estimate of drug-likeness (QED) is 0.844. The van der Waals surface area contributed by atoms with E-state index in [2.05, 4.69) is 20.2 Å². The molecule has 0 spiro atoms. The molecule has 1 aromatic rings. The van der Waals surface area contributed by atoms with Gasteiger partial charge in [0.1, 0.15) is 5.60 Å². The highest BCUT2D eigenvalue weighted by atomic mass is 16.6. The Bertz CT molecular complexity index is 474. The lowest BCUT2D eigenvalue weighted by Gasteiger charge is -2.21. The first-order valence-corrected chi connectivity index (χ1v) is 7.56. The van der Waals surface area contributed by atoms with Gasteiger partial charge in [0.05, 0.1) is 12.0 Å². The summed E-state index contributed by atoms with van der Waals surface area (Å²) in [7, 11) is 0. The Hall–Kier alpha value is -1.56. The smallest absolute Gasteiger partial charge is 0.407 e. The molecule has 6 nitrogen and oxygen atoms in total. The molecule has 21 heavy (non-hydrogen) atoms. The van der Waals surface area contributed by atoms with Gasteiger partial charge >= 0.3 is 6.09 Å². The molecule has 2 rings (SSSR count). The monoisotopic (exact) mass is 294 g/mol. The summed E-state index contributed by atoms with van der Waals surface area (Å²) in [6, 6.07) is 0.805. The summed E-state index contributed by atoms with van der Waals surface area (Å²) in [5, 5.41) is 6.17. The van der Waals surface area contributed by atoms with Crippen LogP contribution in [0.5, 0.6) is 0 Å². The SMILES string of the molecule is CC(CNC(=O)OC(C)(C)C)NCc1cncn1C1CC1. The molecule has 1 amide bonds. The molecule has 1 saturated carbocycles. The number of amides is 1. The molecule has 2 N–H and O–H groups in total. The predicted octanol–water partition coefficient (Wildman–Crippen LogP) is 2.22. The highest BCUT2D eigenvalue weighted by Crippen LogP contribution is 2.35. The third kappa shape index (κ3) is 5.38. The van der Waals surface area contributed by atoms with E-state index in [1.165, 1.54) is 18.5 Å². The maximum atomic E-state index is 11.6. The topological polar surface area (TPSA) is 68.2 Å². The van der Waals surface area contributed by atoms with Crippen molar-refractivity contribution in [3.8, 4) is 0 Å². The number of hydrogen-bond donors (Lipinski definition) is 2. The molecule has 118 valence electrons. The average molecular weight is 294 g/mol. The highest BCUT2D eigenvalue weighted by Gasteiger charge is 2.25. The molecule has 0 bridgehead atoms. The minimum absolute atomic E-state index is 0.167. The van der Waals surface area contributed by atoms with E-state index in [0.717, 1.165) is 6.54 Å². The Morgan fingerprint density at radius 1 is 1.52 bits per heavy atom. The number of rotatable bonds is 6. The van der Waals surface area contributed by atoms with E-state index < -0.39 is 5.60 Å². The Labute approximate surface area is 126 Å². The first-order valence-electron chi connectivity index (χ1n) is 7.56. The number of alkyl carbamates (subject to hydrolysis) is 1. The molecule has 1 heterocycles. The second-order valence-corrected chi connectivity index (χ2v) is 6.69. The number of aromatic nitrogens is 2. The maximum Gasteiger partial charge on any atom is 0.407 e. The Morgan fingerprint density at radius 2 is 2.24 bits per heavy atom. The lowest BCUT2D eigenvalue weighted by molar-refractivity contribution is 0.0523. The molecular formula is C15H26N4O2. The number of nitrogens with one attached hydrogen (secondary N) is 2. The van der Waals surface area contributed by atoms with Crippen molar-refractivity contribution in [3.05, 3.63) is 18.2 Å². The van der Waals surface area contributed by atoms with Crippen LogP contribution < -0.4 is 10.6 Å². The van der Waals surface area contributed by atoms with E-state index in [4.69, 9.17) is 4.74 Å². The fourth-order valence-corrected chi connectivity index (χ4v) is 2.05. The number of ether oxygens (including phenoxy) is 1. The summed E-state index contributed by atoms with van der Waals surface area (Å²) >= 11 is 0. The van der Waals surface area contributed by atoms with E-state index in [0.29, 0.717) is 12.6 Å². The molecule has 0 aliphatic heterocycles. The number of hydrogen-bond acceptors (Lipinski definition) is 4. The van der Waals surface area contributed by atoms with Gasteiger partial charge in [-0.1, -0.05) is 0 Å². The van der Waals surface area contributed by atoms with Gasteiger partial charge < -0.3 is 19.9 Å². The van der Waals surface area contributed by atoms with Crippen molar-refractivity contribution in [2.24, 2.45) is 0 Å². The van der Waals surface area contributed by atoms with E-state index in [1.807, 2.05) is 40.2 Å². The van der Waals surface area contributed by atoms with Gasteiger partial charge in [0.2, 0.25) is 0 Å². The van der Waals surface area contributed by atoms with Crippen molar-refractivity contribution in [2.75, 3.05) is 6.54 Å². The van der Waals surface area contributed by atoms with E-state index in [-0.39, 0.29) is 12.1 Å². The number of nitrogens with zero attached hydrogens (tertiary/aromatic N) is 2. The van der Waals surface area contributed by atoms with Crippen molar-refractivity contribution in [1.82, 2.24) is 20.2 Å². The van der Waals surface area contributed by atoms with Gasteiger partial charge in [-0.15, -0.1) is 0 Å². The van der Waals surface area contributed by atoms with Gasteiger partial charge in [0.25, 0.3) is 0 Å². The van der Waals surface area contributed by atoms with Gasteiger partial charge in [-0.05, 0) is 40.5 Å². The molecule has 1 aliphatic carbocycles.